The molecule has 0 bridgehead atoms. The van der Waals surface area contributed by atoms with Gasteiger partial charge < -0.3 is 23.4 Å². The molecule has 7 nitrogen and oxygen atoms in total. The largest absolute Gasteiger partial charge is 0.542 e. The summed E-state index contributed by atoms with van der Waals surface area (Å²) >= 11 is 1.64. The molecule has 0 amide bonds. The number of carbonyl (C=O) groups excluding carboxylic acids is 2. The highest BCUT2D eigenvalue weighted by atomic mass is 32.1. The lowest BCUT2D eigenvalue weighted by Crippen LogP contribution is -2.50. The zero-order valence-corrected chi connectivity index (χ0v) is 51.2. The number of unbranched alkanes of at least 4 members (excludes halogenated alkanes) is 18. The molecule has 0 fully saturated rings. The van der Waals surface area contributed by atoms with Crippen molar-refractivity contribution in [3.05, 3.63) is 94.1 Å². The number of esters is 2. The SMILES string of the molecule is C#Cc1cc(C)c(C#Cc2cccc(OCCCCCCCCCCCC)c2OCCCCCCCCCCCC)cc1-c1ccc(-c2ccc(C=C(C(=O)OCC)C(=O)OCC)c(O[Si](C(C)C)(C(C)C)C(C)C)c2)s1. The molecule has 0 aliphatic heterocycles. The summed E-state index contributed by atoms with van der Waals surface area (Å²) in [6.45, 7) is 25.0. The zero-order valence-electron chi connectivity index (χ0n) is 49.4. The maximum absolute atomic E-state index is 13.2. The van der Waals surface area contributed by atoms with E-state index in [2.05, 4.69) is 104 Å². The predicted molar refractivity (Wildman–Crippen MR) is 328 cm³/mol. The summed E-state index contributed by atoms with van der Waals surface area (Å²) < 4.78 is 31.1. The number of hydrogen-bond acceptors (Lipinski definition) is 8. The Morgan fingerprint density at radius 1 is 0.571 bits per heavy atom. The van der Waals surface area contributed by atoms with E-state index < -0.39 is 20.3 Å². The maximum atomic E-state index is 13.2. The number of ether oxygens (including phenoxy) is 4. The van der Waals surface area contributed by atoms with Gasteiger partial charge in [-0.15, -0.1) is 17.8 Å². The van der Waals surface area contributed by atoms with Crippen molar-refractivity contribution >= 4 is 37.7 Å². The third kappa shape index (κ3) is 20.2. The van der Waals surface area contributed by atoms with Crippen LogP contribution in [0.4, 0.5) is 0 Å². The monoisotopic (exact) mass is 1080 g/mol. The molecule has 420 valence electrons. The first-order valence-electron chi connectivity index (χ1n) is 29.8. The topological polar surface area (TPSA) is 80.3 Å². The lowest BCUT2D eigenvalue weighted by atomic mass is 9.98. The summed E-state index contributed by atoms with van der Waals surface area (Å²) in [5.41, 5.74) is 6.61. The lowest BCUT2D eigenvalue weighted by molar-refractivity contribution is -0.146. The molecule has 4 rings (SSSR count). The summed E-state index contributed by atoms with van der Waals surface area (Å²) in [6.07, 6.45) is 33.2. The molecule has 0 aliphatic carbocycles. The lowest BCUT2D eigenvalue weighted by Gasteiger charge is -2.42. The number of hydrogen-bond donors (Lipinski definition) is 0. The highest BCUT2D eigenvalue weighted by Crippen LogP contribution is 2.46. The molecule has 0 saturated heterocycles. The van der Waals surface area contributed by atoms with E-state index in [9.17, 15) is 9.59 Å². The molecular weight excluding hydrogens is 989 g/mol. The Hall–Kier alpha value is -5.22. The number of para-hydroxylation sites is 1. The number of benzene rings is 3. The summed E-state index contributed by atoms with van der Waals surface area (Å²) in [7, 11) is -2.52. The molecule has 3 aromatic carbocycles. The fourth-order valence-corrected chi connectivity index (χ4v) is 16.9. The first kappa shape index (κ1) is 64.3. The Balaban J connectivity index is 1.67. The van der Waals surface area contributed by atoms with Gasteiger partial charge in [0.2, 0.25) is 0 Å². The van der Waals surface area contributed by atoms with E-state index >= 15 is 0 Å². The highest BCUT2D eigenvalue weighted by molar-refractivity contribution is 7.18. The number of carbonyl (C=O) groups is 2. The molecular formula is C68H96O7SSi. The molecule has 0 N–H and O–H groups in total. The van der Waals surface area contributed by atoms with Gasteiger partial charge in [0.15, 0.2) is 11.5 Å². The smallest absolute Gasteiger partial charge is 0.345 e. The fourth-order valence-electron chi connectivity index (χ4n) is 10.6. The van der Waals surface area contributed by atoms with Crippen LogP contribution in [-0.4, -0.2) is 46.7 Å². The van der Waals surface area contributed by atoms with Gasteiger partial charge in [0.1, 0.15) is 11.3 Å². The first-order chi connectivity index (χ1) is 37.2. The van der Waals surface area contributed by atoms with E-state index in [4.69, 9.17) is 29.8 Å². The van der Waals surface area contributed by atoms with Gasteiger partial charge in [-0.1, -0.05) is 207 Å². The van der Waals surface area contributed by atoms with E-state index in [1.807, 2.05) is 36.4 Å². The van der Waals surface area contributed by atoms with Crippen LogP contribution < -0.4 is 13.9 Å². The standard InChI is InChI=1S/C68H96O7SSi/c1-13-18-20-22-24-26-28-30-32-34-45-73-62-38-36-37-56(66(62)74-46-35-33-31-29-27-25-23-21-19-14-2)39-40-57-48-60(55(15-3)47-54(57)12)65-44-43-64(76-65)59-42-41-58(49-61(67(69)71-16-4)68(70)72-17-5)63(50-59)75-77(51(6)7,52(8)9)53(10)11/h3,36-38,41-44,47-53H,13-14,16-35,45-46H2,1-2,4-12H3. The number of thiophene rings is 1. The molecule has 9 heteroatoms. The number of terminal acetylenes is 1. The van der Waals surface area contributed by atoms with Gasteiger partial charge in [-0.3, -0.25) is 0 Å². The molecule has 0 saturated carbocycles. The second kappa shape index (κ2) is 35.3. The van der Waals surface area contributed by atoms with Crippen molar-refractivity contribution in [2.75, 3.05) is 26.4 Å². The van der Waals surface area contributed by atoms with Crippen molar-refractivity contribution in [2.45, 2.75) is 221 Å². The molecule has 77 heavy (non-hydrogen) atoms. The van der Waals surface area contributed by atoms with E-state index in [0.29, 0.717) is 24.5 Å². The van der Waals surface area contributed by atoms with Gasteiger partial charge in [-0.25, -0.2) is 9.59 Å². The van der Waals surface area contributed by atoms with E-state index in [0.717, 1.165) is 73.9 Å². The fraction of sp³-hybridized carbons (Fsp3) is 0.559. The van der Waals surface area contributed by atoms with Crippen molar-refractivity contribution in [2.24, 2.45) is 0 Å². The molecule has 1 heterocycles. The molecule has 0 atom stereocenters. The Morgan fingerprint density at radius 3 is 1.60 bits per heavy atom. The zero-order chi connectivity index (χ0) is 56.0. The van der Waals surface area contributed by atoms with E-state index in [1.54, 1.807) is 31.3 Å². The molecule has 0 radical (unpaired) electrons. The third-order valence-corrected chi connectivity index (χ3v) is 21.9. The number of rotatable bonds is 36. The molecule has 0 spiro atoms. The summed E-state index contributed by atoms with van der Waals surface area (Å²) in [6, 6.07) is 20.4. The Bertz CT molecular complexity index is 2510. The van der Waals surface area contributed by atoms with Gasteiger partial charge in [0.25, 0.3) is 8.32 Å². The third-order valence-electron chi connectivity index (χ3n) is 14.8. The molecule has 0 aliphatic rings. The summed E-state index contributed by atoms with van der Waals surface area (Å²) in [4.78, 5) is 28.4. The normalized spacial score (nSPS) is 11.3. The minimum atomic E-state index is -2.52. The van der Waals surface area contributed by atoms with Gasteiger partial charge in [-0.05, 0) is 110 Å². The Kier molecular flexibility index (Phi) is 29.5. The quantitative estimate of drug-likeness (QED) is 0.00854. The highest BCUT2D eigenvalue weighted by Gasteiger charge is 2.47. The van der Waals surface area contributed by atoms with Gasteiger partial charge >= 0.3 is 11.9 Å². The molecule has 4 aromatic rings. The molecule has 0 unspecified atom stereocenters. The Morgan fingerprint density at radius 2 is 1.08 bits per heavy atom. The van der Waals surface area contributed by atoms with Crippen molar-refractivity contribution in [3.8, 4) is 62.3 Å². The second-order valence-electron chi connectivity index (χ2n) is 21.6. The van der Waals surface area contributed by atoms with Crippen LogP contribution in [-0.2, 0) is 19.1 Å². The van der Waals surface area contributed by atoms with E-state index in [-0.39, 0.29) is 35.4 Å². The average molecular weight is 1090 g/mol. The van der Waals surface area contributed by atoms with Crippen LogP contribution in [0.25, 0.3) is 27.0 Å². The predicted octanol–water partition coefficient (Wildman–Crippen LogP) is 19.4. The van der Waals surface area contributed by atoms with Crippen LogP contribution in [0.1, 0.15) is 225 Å². The van der Waals surface area contributed by atoms with Gasteiger partial charge in [-0.2, -0.15) is 0 Å². The van der Waals surface area contributed by atoms with Gasteiger partial charge in [0, 0.05) is 32.0 Å². The summed E-state index contributed by atoms with van der Waals surface area (Å²) in [5.74, 6) is 10.6. The van der Waals surface area contributed by atoms with Crippen LogP contribution in [0.3, 0.4) is 0 Å². The van der Waals surface area contributed by atoms with Crippen LogP contribution in [0.2, 0.25) is 16.6 Å². The second-order valence-corrected chi connectivity index (χ2v) is 28.1. The van der Waals surface area contributed by atoms with Crippen LogP contribution in [0, 0.1) is 31.1 Å². The van der Waals surface area contributed by atoms with Gasteiger partial charge in [0.05, 0.1) is 32.0 Å². The number of aryl methyl sites for hydroxylation is 1. The summed E-state index contributed by atoms with van der Waals surface area (Å²) in [5, 5.41) is 0. The minimum Gasteiger partial charge on any atom is -0.542 e. The van der Waals surface area contributed by atoms with Crippen molar-refractivity contribution in [1.82, 2.24) is 0 Å². The van der Waals surface area contributed by atoms with Crippen molar-refractivity contribution in [3.63, 3.8) is 0 Å². The van der Waals surface area contributed by atoms with Crippen LogP contribution in [0.15, 0.2) is 66.2 Å². The van der Waals surface area contributed by atoms with Crippen molar-refractivity contribution < 1.29 is 33.0 Å². The average Bonchev–Trinajstić information content (AvgIpc) is 3.91. The van der Waals surface area contributed by atoms with E-state index in [1.165, 1.54) is 109 Å². The molecule has 1 aromatic heterocycles. The maximum Gasteiger partial charge on any atom is 0.345 e. The first-order valence-corrected chi connectivity index (χ1v) is 32.7. The van der Waals surface area contributed by atoms with Crippen LogP contribution in [0.5, 0.6) is 17.2 Å². The Labute approximate surface area is 472 Å². The minimum absolute atomic E-state index is 0.122. The van der Waals surface area contributed by atoms with Crippen LogP contribution >= 0.6 is 11.3 Å². The van der Waals surface area contributed by atoms with Crippen molar-refractivity contribution in [1.29, 1.82) is 0 Å².